The van der Waals surface area contributed by atoms with Crippen LogP contribution in [-0.4, -0.2) is 30.0 Å². The molecule has 4 heteroatoms. The van der Waals surface area contributed by atoms with Crippen LogP contribution in [0.25, 0.3) is 0 Å². The molecule has 2 rings (SSSR count). The summed E-state index contributed by atoms with van der Waals surface area (Å²) in [7, 11) is 0. The van der Waals surface area contributed by atoms with Crippen LogP contribution in [0.3, 0.4) is 0 Å². The van der Waals surface area contributed by atoms with Crippen molar-refractivity contribution < 1.29 is 9.53 Å². The van der Waals surface area contributed by atoms with Crippen LogP contribution < -0.4 is 10.5 Å². The van der Waals surface area contributed by atoms with Gasteiger partial charge in [-0.25, -0.2) is 0 Å². The highest BCUT2D eigenvalue weighted by Gasteiger charge is 2.23. The molecule has 1 unspecified atom stereocenters. The summed E-state index contributed by atoms with van der Waals surface area (Å²) in [5.41, 5.74) is 7.71. The van der Waals surface area contributed by atoms with Gasteiger partial charge in [0.25, 0.3) is 5.91 Å². The van der Waals surface area contributed by atoms with Crippen molar-refractivity contribution in [1.82, 2.24) is 4.90 Å². The van der Waals surface area contributed by atoms with E-state index in [1.54, 1.807) is 0 Å². The first-order valence-electron chi connectivity index (χ1n) is 7.87. The van der Waals surface area contributed by atoms with Crippen molar-refractivity contribution in [3.63, 3.8) is 0 Å². The smallest absolute Gasteiger partial charge is 0.263 e. The Bertz CT molecular complexity index is 480. The molecule has 1 atom stereocenters. The average molecular weight is 290 g/mol. The van der Waals surface area contributed by atoms with Gasteiger partial charge in [-0.15, -0.1) is 0 Å². The number of nitrogens with two attached hydrogens (primary N) is 1. The molecule has 0 radical (unpaired) electrons. The topological polar surface area (TPSA) is 55.6 Å². The number of carbonyl (C=O) groups is 1. The Labute approximate surface area is 127 Å². The predicted octanol–water partition coefficient (Wildman–Crippen LogP) is 2.62. The molecule has 1 amide bonds. The molecule has 1 aromatic rings. The minimum absolute atomic E-state index is 0.0921. The zero-order valence-corrected chi connectivity index (χ0v) is 13.1. The van der Waals surface area contributed by atoms with Gasteiger partial charge in [0, 0.05) is 19.6 Å². The zero-order valence-electron chi connectivity index (χ0n) is 13.1. The van der Waals surface area contributed by atoms with Crippen molar-refractivity contribution in [2.24, 2.45) is 5.73 Å². The van der Waals surface area contributed by atoms with Gasteiger partial charge in [0.2, 0.25) is 0 Å². The van der Waals surface area contributed by atoms with E-state index in [2.05, 4.69) is 0 Å². The highest BCUT2D eigenvalue weighted by atomic mass is 16.5. The van der Waals surface area contributed by atoms with Gasteiger partial charge in [-0.3, -0.25) is 4.79 Å². The molecule has 0 saturated carbocycles. The van der Waals surface area contributed by atoms with Crippen LogP contribution in [0.2, 0.25) is 0 Å². The Balaban J connectivity index is 2.02. The molecule has 4 nitrogen and oxygen atoms in total. The van der Waals surface area contributed by atoms with E-state index in [-0.39, 0.29) is 5.91 Å². The summed E-state index contributed by atoms with van der Waals surface area (Å²) in [6.07, 6.45) is 4.18. The van der Waals surface area contributed by atoms with E-state index >= 15 is 0 Å². The minimum Gasteiger partial charge on any atom is -0.481 e. The molecule has 116 valence electrons. The maximum atomic E-state index is 12.5. The maximum absolute atomic E-state index is 12.5. The first-order valence-corrected chi connectivity index (χ1v) is 7.87. The van der Waals surface area contributed by atoms with Crippen LogP contribution in [0.15, 0.2) is 18.2 Å². The van der Waals surface area contributed by atoms with E-state index in [1.807, 2.05) is 36.9 Å². The lowest BCUT2D eigenvalue weighted by atomic mass is 10.1. The Morgan fingerprint density at radius 2 is 1.95 bits per heavy atom. The number of ether oxygens (including phenoxy) is 1. The van der Waals surface area contributed by atoms with Gasteiger partial charge in [-0.1, -0.05) is 25.0 Å². The van der Waals surface area contributed by atoms with Gasteiger partial charge in [-0.05, 0) is 43.9 Å². The van der Waals surface area contributed by atoms with E-state index in [4.69, 9.17) is 10.5 Å². The zero-order chi connectivity index (χ0) is 15.2. The normalized spacial score (nSPS) is 17.2. The third-order valence-corrected chi connectivity index (χ3v) is 4.06. The highest BCUT2D eigenvalue weighted by molar-refractivity contribution is 5.81. The quantitative estimate of drug-likeness (QED) is 0.927. The van der Waals surface area contributed by atoms with Crippen LogP contribution in [0.5, 0.6) is 5.75 Å². The minimum atomic E-state index is -0.449. The number of aryl methyl sites for hydroxylation is 1. The number of likely N-dealkylation sites (tertiary alicyclic amines) is 1. The molecular formula is C17H26N2O2. The summed E-state index contributed by atoms with van der Waals surface area (Å²) >= 11 is 0. The molecule has 1 heterocycles. The monoisotopic (exact) mass is 290 g/mol. The standard InChI is InChI=1S/C17H26N2O2/c1-13-7-8-15(12-18)11-16(13)21-14(2)17(20)19-9-5-3-4-6-10-19/h7-8,11,14H,3-6,9-10,12,18H2,1-2H3. The van der Waals surface area contributed by atoms with Crippen LogP contribution >= 0.6 is 0 Å². The van der Waals surface area contributed by atoms with Crippen molar-refractivity contribution >= 4 is 5.91 Å². The van der Waals surface area contributed by atoms with E-state index in [0.717, 1.165) is 42.8 Å². The lowest BCUT2D eigenvalue weighted by Crippen LogP contribution is -2.41. The van der Waals surface area contributed by atoms with Crippen molar-refractivity contribution in [1.29, 1.82) is 0 Å². The first-order chi connectivity index (χ1) is 10.1. The van der Waals surface area contributed by atoms with Crippen LogP contribution in [0, 0.1) is 6.92 Å². The van der Waals surface area contributed by atoms with Crippen LogP contribution in [0.1, 0.15) is 43.7 Å². The number of carbonyl (C=O) groups excluding carboxylic acids is 1. The van der Waals surface area contributed by atoms with Crippen LogP contribution in [-0.2, 0) is 11.3 Å². The second kappa shape index (κ2) is 7.46. The summed E-state index contributed by atoms with van der Waals surface area (Å²) in [5, 5.41) is 0. The SMILES string of the molecule is Cc1ccc(CN)cc1OC(C)C(=O)N1CCCCCC1. The van der Waals surface area contributed by atoms with Gasteiger partial charge >= 0.3 is 0 Å². The summed E-state index contributed by atoms with van der Waals surface area (Å²) in [5.74, 6) is 0.850. The summed E-state index contributed by atoms with van der Waals surface area (Å²) in [4.78, 5) is 14.4. The molecule has 1 aliphatic heterocycles. The molecule has 0 aromatic heterocycles. The third-order valence-electron chi connectivity index (χ3n) is 4.06. The average Bonchev–Trinajstić information content (AvgIpc) is 2.77. The predicted molar refractivity (Wildman–Crippen MR) is 84.2 cm³/mol. The maximum Gasteiger partial charge on any atom is 0.263 e. The lowest BCUT2D eigenvalue weighted by molar-refractivity contribution is -0.137. The summed E-state index contributed by atoms with van der Waals surface area (Å²) < 4.78 is 5.90. The lowest BCUT2D eigenvalue weighted by Gasteiger charge is -2.25. The van der Waals surface area contributed by atoms with Crippen molar-refractivity contribution in [2.75, 3.05) is 13.1 Å². The molecule has 21 heavy (non-hydrogen) atoms. The molecule has 1 aromatic carbocycles. The molecule has 0 bridgehead atoms. The fourth-order valence-corrected chi connectivity index (χ4v) is 2.69. The number of benzene rings is 1. The van der Waals surface area contributed by atoms with Gasteiger partial charge < -0.3 is 15.4 Å². The van der Waals surface area contributed by atoms with Crippen LogP contribution in [0.4, 0.5) is 0 Å². The summed E-state index contributed by atoms with van der Waals surface area (Å²) in [6, 6.07) is 5.91. The fourth-order valence-electron chi connectivity index (χ4n) is 2.69. The third kappa shape index (κ3) is 4.21. The fraction of sp³-hybridized carbons (Fsp3) is 0.588. The molecular weight excluding hydrogens is 264 g/mol. The number of hydrogen-bond acceptors (Lipinski definition) is 3. The number of nitrogens with zero attached hydrogens (tertiary/aromatic N) is 1. The largest absolute Gasteiger partial charge is 0.481 e. The van der Waals surface area contributed by atoms with E-state index in [0.29, 0.717) is 6.54 Å². The van der Waals surface area contributed by atoms with E-state index in [1.165, 1.54) is 12.8 Å². The molecule has 1 aliphatic rings. The van der Waals surface area contributed by atoms with Gasteiger partial charge in [0.1, 0.15) is 5.75 Å². The Kier molecular flexibility index (Phi) is 5.62. The molecule has 1 saturated heterocycles. The molecule has 1 fully saturated rings. The van der Waals surface area contributed by atoms with Gasteiger partial charge in [0.05, 0.1) is 0 Å². The summed E-state index contributed by atoms with van der Waals surface area (Å²) in [6.45, 7) is 6.01. The van der Waals surface area contributed by atoms with Crippen molar-refractivity contribution in [2.45, 2.75) is 52.2 Å². The second-order valence-corrected chi connectivity index (χ2v) is 5.80. The Morgan fingerprint density at radius 1 is 1.29 bits per heavy atom. The van der Waals surface area contributed by atoms with Crippen molar-refractivity contribution in [3.05, 3.63) is 29.3 Å². The highest BCUT2D eigenvalue weighted by Crippen LogP contribution is 2.21. The van der Waals surface area contributed by atoms with Gasteiger partial charge in [0.15, 0.2) is 6.10 Å². The molecule has 0 aliphatic carbocycles. The molecule has 2 N–H and O–H groups in total. The van der Waals surface area contributed by atoms with E-state index < -0.39 is 6.10 Å². The van der Waals surface area contributed by atoms with Gasteiger partial charge in [-0.2, -0.15) is 0 Å². The molecule has 0 spiro atoms. The Hall–Kier alpha value is -1.55. The number of rotatable bonds is 4. The number of amides is 1. The first kappa shape index (κ1) is 15.8. The van der Waals surface area contributed by atoms with Crippen molar-refractivity contribution in [3.8, 4) is 5.75 Å². The Morgan fingerprint density at radius 3 is 2.57 bits per heavy atom. The second-order valence-electron chi connectivity index (χ2n) is 5.80. The number of hydrogen-bond donors (Lipinski definition) is 1. The van der Waals surface area contributed by atoms with E-state index in [9.17, 15) is 4.79 Å².